The summed E-state index contributed by atoms with van der Waals surface area (Å²) in [4.78, 5) is 3.29. The molecule has 480 valence electrons. The highest BCUT2D eigenvalue weighted by Crippen LogP contribution is 2.27. The minimum absolute atomic E-state index is 0. The Kier molecular flexibility index (Phi) is 30.6. The number of pyridine rings is 4. The quantitative estimate of drug-likeness (QED) is 0.0423. The first-order chi connectivity index (χ1) is 43.3. The highest BCUT2D eigenvalue weighted by Gasteiger charge is 2.09. The molecule has 0 fully saturated rings. The van der Waals surface area contributed by atoms with E-state index in [0.29, 0.717) is 0 Å². The smallest absolute Gasteiger partial charge is 0.169 e. The molecule has 4 aromatic carbocycles. The molecule has 0 bridgehead atoms. The number of fused-ring (bicyclic) bond motifs is 4. The lowest BCUT2D eigenvalue weighted by Gasteiger charge is -2.04. The minimum atomic E-state index is 0. The fraction of sp³-hybridized carbons (Fsp3) is 0.238. The standard InChI is InChI=1S/C23H29N2.C21H25N2.C19H21N2.C17H16N2.4CH3/c1-3-5-6-9-16-25-19-21(22-10-7-8-11-23(22)25)13-12-20-14-17-24(4-2)18-15-20;1-3-5-14-23-17-19(20-8-6-7-9-21(20)23)11-10-18-12-15-22(4-2)16-13-18;1-3-20-13-11-16(12-14-20)9-10-17-15-21(4-2)19-8-6-5-7-18(17)19;1-2-19-11-9-14(10-12-19)7-8-15-13-18-17-6-4-3-5-16(15)17;;;;/h7-8,10-15,17-19H,3-6,9,16H2,1-2H3;6-13,15-17H,3-5,14H2,1-2H3;5-15H,3-4H2,1-2H3;3-13H,2H2,1H3;4*1H3/q3*+1;;4*-1/p+1. The van der Waals surface area contributed by atoms with E-state index in [4.69, 9.17) is 0 Å². The molecule has 0 radical (unpaired) electrons. The Labute approximate surface area is 553 Å². The maximum Gasteiger partial charge on any atom is 0.169 e. The summed E-state index contributed by atoms with van der Waals surface area (Å²) in [5.74, 6) is 0. The number of benzene rings is 4. The second-order valence-corrected chi connectivity index (χ2v) is 22.4. The number of nitrogens with one attached hydrogen (secondary N) is 1. The summed E-state index contributed by atoms with van der Waals surface area (Å²) < 4.78 is 15.8. The fourth-order valence-electron chi connectivity index (χ4n) is 11.0. The lowest BCUT2D eigenvalue weighted by atomic mass is 10.1. The zero-order valence-electron chi connectivity index (χ0n) is 57.2. The molecule has 0 spiro atoms. The average molecular weight is 1230 g/mol. The lowest BCUT2D eigenvalue weighted by molar-refractivity contribution is -0.693. The van der Waals surface area contributed by atoms with Gasteiger partial charge in [-0.3, -0.25) is 0 Å². The third-order valence-corrected chi connectivity index (χ3v) is 16.4. The molecular weight excluding hydrogens is 1120 g/mol. The molecule has 1 N–H and O–H groups in total. The van der Waals surface area contributed by atoms with Crippen molar-refractivity contribution in [3.8, 4) is 0 Å². The van der Waals surface area contributed by atoms with Crippen molar-refractivity contribution in [3.05, 3.63) is 294 Å². The number of unbranched alkanes of at least 4 members (excludes halogenated alkanes) is 4. The van der Waals surface area contributed by atoms with E-state index in [9.17, 15) is 0 Å². The molecule has 12 aromatic rings. The molecule has 0 saturated carbocycles. The van der Waals surface area contributed by atoms with Gasteiger partial charge >= 0.3 is 0 Å². The van der Waals surface area contributed by atoms with E-state index in [1.807, 2.05) is 6.07 Å². The monoisotopic (exact) mass is 1220 g/mol. The topological polar surface area (TPSA) is 46.1 Å². The van der Waals surface area contributed by atoms with Gasteiger partial charge in [-0.15, -0.1) is 0 Å². The van der Waals surface area contributed by atoms with Gasteiger partial charge in [0.2, 0.25) is 0 Å². The molecule has 12 rings (SSSR count). The molecule has 92 heavy (non-hydrogen) atoms. The van der Waals surface area contributed by atoms with Gasteiger partial charge in [-0.25, -0.2) is 18.3 Å². The van der Waals surface area contributed by atoms with Crippen LogP contribution in [0.5, 0.6) is 0 Å². The van der Waals surface area contributed by atoms with Crippen molar-refractivity contribution < 1.29 is 18.3 Å². The zero-order chi connectivity index (χ0) is 61.3. The van der Waals surface area contributed by atoms with Gasteiger partial charge < -0.3 is 48.4 Å². The molecule has 0 saturated heterocycles. The zero-order valence-corrected chi connectivity index (χ0v) is 57.2. The largest absolute Gasteiger partial charge is 0.361 e. The molecule has 0 aliphatic rings. The Hall–Kier alpha value is -9.40. The first-order valence-corrected chi connectivity index (χ1v) is 32.3. The molecule has 0 aliphatic carbocycles. The number of aromatic amines is 1. The van der Waals surface area contributed by atoms with Gasteiger partial charge in [0.15, 0.2) is 49.6 Å². The molecule has 0 amide bonds. The summed E-state index contributed by atoms with van der Waals surface area (Å²) in [5, 5.41) is 5.25. The average Bonchev–Trinajstić information content (AvgIpc) is 1.94. The number of hydrogen-bond donors (Lipinski definition) is 1. The van der Waals surface area contributed by atoms with Crippen LogP contribution < -0.4 is 18.3 Å². The van der Waals surface area contributed by atoms with Gasteiger partial charge in [0.05, 0.1) is 0 Å². The summed E-state index contributed by atoms with van der Waals surface area (Å²) in [6.07, 6.45) is 51.1. The van der Waals surface area contributed by atoms with Crippen LogP contribution in [-0.2, 0) is 45.8 Å². The maximum atomic E-state index is 3.29. The molecule has 0 atom stereocenters. The number of aryl methyl sites for hydroxylation is 7. The van der Waals surface area contributed by atoms with E-state index in [-0.39, 0.29) is 29.7 Å². The highest BCUT2D eigenvalue weighted by atomic mass is 15.0. The molecule has 8 heterocycles. The van der Waals surface area contributed by atoms with Crippen molar-refractivity contribution in [1.29, 1.82) is 0 Å². The number of para-hydroxylation sites is 4. The minimum Gasteiger partial charge on any atom is -0.361 e. The van der Waals surface area contributed by atoms with Crippen molar-refractivity contribution in [2.45, 2.75) is 133 Å². The molecule has 8 heteroatoms. The summed E-state index contributed by atoms with van der Waals surface area (Å²) in [6.45, 7) is 22.5. The van der Waals surface area contributed by atoms with Gasteiger partial charge in [0, 0.05) is 137 Å². The Morgan fingerprint density at radius 1 is 0.315 bits per heavy atom. The van der Waals surface area contributed by atoms with Crippen molar-refractivity contribution in [3.63, 3.8) is 0 Å². The third-order valence-electron chi connectivity index (χ3n) is 16.4. The molecule has 8 nitrogen and oxygen atoms in total. The molecular formula is C84H104N8. The van der Waals surface area contributed by atoms with Crippen molar-refractivity contribution >= 4 is 92.2 Å². The number of hydrogen-bond acceptors (Lipinski definition) is 0. The van der Waals surface area contributed by atoms with Gasteiger partial charge in [-0.1, -0.05) is 161 Å². The van der Waals surface area contributed by atoms with Crippen LogP contribution >= 0.6 is 0 Å². The van der Waals surface area contributed by atoms with Crippen molar-refractivity contribution in [1.82, 2.24) is 18.7 Å². The van der Waals surface area contributed by atoms with Crippen LogP contribution in [-0.4, -0.2) is 18.7 Å². The Morgan fingerprint density at radius 2 is 0.630 bits per heavy atom. The maximum absolute atomic E-state index is 3.29. The third kappa shape index (κ3) is 20.0. The van der Waals surface area contributed by atoms with Crippen LogP contribution in [0, 0.1) is 29.7 Å². The highest BCUT2D eigenvalue weighted by molar-refractivity contribution is 5.95. The van der Waals surface area contributed by atoms with Crippen LogP contribution in [0.2, 0.25) is 0 Å². The number of nitrogens with zero attached hydrogens (tertiary/aromatic N) is 7. The van der Waals surface area contributed by atoms with E-state index < -0.39 is 0 Å². The second-order valence-electron chi connectivity index (χ2n) is 22.4. The van der Waals surface area contributed by atoms with Crippen LogP contribution in [0.25, 0.3) is 92.2 Å². The first kappa shape index (κ1) is 73.3. The van der Waals surface area contributed by atoms with Crippen molar-refractivity contribution in [2.75, 3.05) is 0 Å². The van der Waals surface area contributed by atoms with Crippen LogP contribution in [0.3, 0.4) is 0 Å². The summed E-state index contributed by atoms with van der Waals surface area (Å²) >= 11 is 0. The SMILES string of the molecule is CCCCCCn1cc(/C=C/c2cc[n+](CC)cc2)c2ccccc21.CCCCn1cc(/C=C/c2cc[n+](CC)cc2)c2ccccc21.CC[n+]1ccc(/C=C/c2c[nH]c3ccccc23)cc1.CCn1cc(/C=C/c2cc[n+](CC)cc2)c2ccccc21.[CH3-].[CH3-].[CH3-].[CH3-]. The predicted octanol–water partition coefficient (Wildman–Crippen LogP) is 20.2. The van der Waals surface area contributed by atoms with E-state index in [0.717, 1.165) is 45.8 Å². The van der Waals surface area contributed by atoms with E-state index >= 15 is 0 Å². The van der Waals surface area contributed by atoms with Gasteiger partial charge in [-0.05, 0) is 116 Å². The van der Waals surface area contributed by atoms with Gasteiger partial charge in [-0.2, -0.15) is 0 Å². The molecule has 8 aromatic heterocycles. The van der Waals surface area contributed by atoms with Gasteiger partial charge in [0.1, 0.15) is 26.2 Å². The normalized spacial score (nSPS) is 11.0. The van der Waals surface area contributed by atoms with Crippen LogP contribution in [0.1, 0.15) is 131 Å². The Balaban J connectivity index is 0.000000220. The van der Waals surface area contributed by atoms with E-state index in [2.05, 4.69) is 348 Å². The van der Waals surface area contributed by atoms with Gasteiger partial charge in [0.25, 0.3) is 0 Å². The van der Waals surface area contributed by atoms with Crippen LogP contribution in [0.15, 0.2) is 220 Å². The summed E-state index contributed by atoms with van der Waals surface area (Å²) in [7, 11) is 0. The van der Waals surface area contributed by atoms with E-state index in [1.165, 1.54) is 127 Å². The Morgan fingerprint density at radius 3 is 0.989 bits per heavy atom. The first-order valence-electron chi connectivity index (χ1n) is 32.3. The lowest BCUT2D eigenvalue weighted by Crippen LogP contribution is -2.30. The van der Waals surface area contributed by atoms with Crippen LogP contribution in [0.4, 0.5) is 0 Å². The number of H-pyrrole nitrogens is 1. The molecule has 0 aliphatic heterocycles. The number of rotatable bonds is 21. The van der Waals surface area contributed by atoms with Crippen molar-refractivity contribution in [2.24, 2.45) is 0 Å². The van der Waals surface area contributed by atoms with E-state index in [1.54, 1.807) is 0 Å². The summed E-state index contributed by atoms with van der Waals surface area (Å²) in [6, 6.07) is 51.6. The number of aromatic nitrogens is 8. The second kappa shape index (κ2) is 38.3. The molecule has 0 unspecified atom stereocenters. The predicted molar refractivity (Wildman–Crippen MR) is 399 cm³/mol. The summed E-state index contributed by atoms with van der Waals surface area (Å²) in [5.41, 5.74) is 15.2. The fourth-order valence-corrected chi connectivity index (χ4v) is 11.0. The Bertz CT molecular complexity index is 4180.